The Kier molecular flexibility index (Phi) is 2.65. The lowest BCUT2D eigenvalue weighted by molar-refractivity contribution is -0.155. The lowest BCUT2D eigenvalue weighted by Gasteiger charge is -2.30. The third kappa shape index (κ3) is 1.55. The van der Waals surface area contributed by atoms with Gasteiger partial charge in [0.2, 0.25) is 0 Å². The zero-order valence-corrected chi connectivity index (χ0v) is 6.99. The SMILES string of the molecule is CN1CCN(CCO)C(=O)C1=O. The maximum absolute atomic E-state index is 11.1. The van der Waals surface area contributed by atoms with Gasteiger partial charge in [0.15, 0.2) is 0 Å². The first kappa shape index (κ1) is 8.99. The quantitative estimate of drug-likeness (QED) is 0.504. The van der Waals surface area contributed by atoms with E-state index >= 15 is 0 Å². The molecule has 5 nitrogen and oxygen atoms in total. The Bertz CT molecular complexity index is 205. The molecule has 1 rings (SSSR count). The van der Waals surface area contributed by atoms with E-state index in [1.807, 2.05) is 0 Å². The summed E-state index contributed by atoms with van der Waals surface area (Å²) >= 11 is 0. The summed E-state index contributed by atoms with van der Waals surface area (Å²) in [6.45, 7) is 1.22. The minimum absolute atomic E-state index is 0.0945. The van der Waals surface area contributed by atoms with Crippen molar-refractivity contribution >= 4 is 11.8 Å². The van der Waals surface area contributed by atoms with E-state index in [0.717, 1.165) is 0 Å². The monoisotopic (exact) mass is 172 g/mol. The number of carbonyl (C=O) groups is 2. The van der Waals surface area contributed by atoms with Gasteiger partial charge in [0.1, 0.15) is 0 Å². The van der Waals surface area contributed by atoms with Crippen molar-refractivity contribution in [1.29, 1.82) is 0 Å². The second-order valence-corrected chi connectivity index (χ2v) is 2.74. The lowest BCUT2D eigenvalue weighted by atomic mass is 10.3. The summed E-state index contributed by atoms with van der Waals surface area (Å²) in [5.74, 6) is -1.01. The van der Waals surface area contributed by atoms with Crippen LogP contribution in [0.2, 0.25) is 0 Å². The number of likely N-dealkylation sites (N-methyl/N-ethyl adjacent to an activating group) is 1. The van der Waals surface area contributed by atoms with Gasteiger partial charge in [0, 0.05) is 26.7 Å². The zero-order valence-electron chi connectivity index (χ0n) is 6.99. The molecule has 5 heteroatoms. The smallest absolute Gasteiger partial charge is 0.312 e. The molecule has 0 aromatic heterocycles. The van der Waals surface area contributed by atoms with Crippen LogP contribution in [0, 0.1) is 0 Å². The number of aliphatic hydroxyl groups is 1. The number of hydrogen-bond donors (Lipinski definition) is 1. The first-order chi connectivity index (χ1) is 5.66. The van der Waals surface area contributed by atoms with Crippen molar-refractivity contribution in [3.63, 3.8) is 0 Å². The molecule has 0 aromatic rings. The summed E-state index contributed by atoms with van der Waals surface area (Å²) < 4.78 is 0. The number of carbonyl (C=O) groups excluding carboxylic acids is 2. The summed E-state index contributed by atoms with van der Waals surface area (Å²) in [5.41, 5.74) is 0. The first-order valence-corrected chi connectivity index (χ1v) is 3.82. The molecule has 0 bridgehead atoms. The fourth-order valence-electron chi connectivity index (χ4n) is 1.11. The van der Waals surface area contributed by atoms with Gasteiger partial charge >= 0.3 is 11.8 Å². The van der Waals surface area contributed by atoms with Gasteiger partial charge in [-0.05, 0) is 0 Å². The van der Waals surface area contributed by atoms with Gasteiger partial charge in [0.25, 0.3) is 0 Å². The second-order valence-electron chi connectivity index (χ2n) is 2.74. The molecule has 0 unspecified atom stereocenters. The number of nitrogens with zero attached hydrogens (tertiary/aromatic N) is 2. The van der Waals surface area contributed by atoms with E-state index in [4.69, 9.17) is 5.11 Å². The molecule has 2 amide bonds. The van der Waals surface area contributed by atoms with Crippen molar-refractivity contribution in [3.05, 3.63) is 0 Å². The lowest BCUT2D eigenvalue weighted by Crippen LogP contribution is -2.53. The van der Waals surface area contributed by atoms with E-state index in [1.54, 1.807) is 7.05 Å². The van der Waals surface area contributed by atoms with Crippen LogP contribution in [0.25, 0.3) is 0 Å². The van der Waals surface area contributed by atoms with E-state index in [0.29, 0.717) is 13.1 Å². The normalized spacial score (nSPS) is 18.8. The van der Waals surface area contributed by atoms with Gasteiger partial charge < -0.3 is 14.9 Å². The number of amides is 2. The molecule has 1 fully saturated rings. The predicted molar refractivity (Wildman–Crippen MR) is 41.3 cm³/mol. The van der Waals surface area contributed by atoms with Gasteiger partial charge in [-0.25, -0.2) is 0 Å². The van der Waals surface area contributed by atoms with Crippen LogP contribution in [-0.4, -0.2) is 60.0 Å². The van der Waals surface area contributed by atoms with Crippen LogP contribution in [-0.2, 0) is 9.59 Å². The number of rotatable bonds is 2. The third-order valence-corrected chi connectivity index (χ3v) is 1.89. The predicted octanol–water partition coefficient (Wildman–Crippen LogP) is -1.72. The highest BCUT2D eigenvalue weighted by atomic mass is 16.3. The zero-order chi connectivity index (χ0) is 9.14. The van der Waals surface area contributed by atoms with E-state index in [1.165, 1.54) is 9.80 Å². The maximum Gasteiger partial charge on any atom is 0.312 e. The Balaban J connectivity index is 2.59. The molecule has 1 aliphatic heterocycles. The van der Waals surface area contributed by atoms with E-state index in [2.05, 4.69) is 0 Å². The number of hydrogen-bond acceptors (Lipinski definition) is 3. The fraction of sp³-hybridized carbons (Fsp3) is 0.714. The van der Waals surface area contributed by atoms with Gasteiger partial charge in [-0.15, -0.1) is 0 Å². The Labute approximate surface area is 70.6 Å². The van der Waals surface area contributed by atoms with Crippen molar-refractivity contribution in [1.82, 2.24) is 9.80 Å². The highest BCUT2D eigenvalue weighted by Gasteiger charge is 2.29. The van der Waals surface area contributed by atoms with Gasteiger partial charge in [-0.2, -0.15) is 0 Å². The van der Waals surface area contributed by atoms with E-state index in [-0.39, 0.29) is 13.2 Å². The van der Waals surface area contributed by atoms with Crippen molar-refractivity contribution in [2.75, 3.05) is 33.3 Å². The summed E-state index contributed by atoms with van der Waals surface area (Å²) in [5, 5.41) is 8.57. The number of piperazine rings is 1. The number of aliphatic hydroxyl groups excluding tert-OH is 1. The molecule has 1 saturated heterocycles. The van der Waals surface area contributed by atoms with Crippen LogP contribution in [0.5, 0.6) is 0 Å². The molecular weight excluding hydrogens is 160 g/mol. The van der Waals surface area contributed by atoms with Crippen molar-refractivity contribution in [2.45, 2.75) is 0 Å². The summed E-state index contributed by atoms with van der Waals surface area (Å²) in [6, 6.07) is 0. The summed E-state index contributed by atoms with van der Waals surface area (Å²) in [4.78, 5) is 25.0. The second kappa shape index (κ2) is 3.53. The average Bonchev–Trinajstić information content (AvgIpc) is 2.07. The van der Waals surface area contributed by atoms with Crippen LogP contribution >= 0.6 is 0 Å². The van der Waals surface area contributed by atoms with Crippen molar-refractivity contribution < 1.29 is 14.7 Å². The number of β-amino-alcohol motifs (C(OH)–C–C–N with tert-alkyl or cyclic N) is 1. The molecular formula is C7H12N2O3. The molecule has 1 N–H and O–H groups in total. The standard InChI is InChI=1S/C7H12N2O3/c1-8-2-3-9(4-5-10)7(12)6(8)11/h10H,2-5H2,1H3. The Morgan fingerprint density at radius 3 is 2.58 bits per heavy atom. The minimum atomic E-state index is -0.516. The molecule has 0 aromatic carbocycles. The third-order valence-electron chi connectivity index (χ3n) is 1.89. The molecule has 0 saturated carbocycles. The molecule has 1 aliphatic rings. The molecule has 0 spiro atoms. The Morgan fingerprint density at radius 1 is 1.33 bits per heavy atom. The summed E-state index contributed by atoms with van der Waals surface area (Å²) in [6.07, 6.45) is 0. The van der Waals surface area contributed by atoms with E-state index < -0.39 is 11.8 Å². The molecule has 1 heterocycles. The average molecular weight is 172 g/mol. The highest BCUT2D eigenvalue weighted by Crippen LogP contribution is 2.01. The first-order valence-electron chi connectivity index (χ1n) is 3.82. The molecule has 0 aliphatic carbocycles. The van der Waals surface area contributed by atoms with Crippen LogP contribution in [0.3, 0.4) is 0 Å². The van der Waals surface area contributed by atoms with Crippen molar-refractivity contribution in [3.8, 4) is 0 Å². The molecule has 0 radical (unpaired) electrons. The minimum Gasteiger partial charge on any atom is -0.395 e. The van der Waals surface area contributed by atoms with Crippen LogP contribution in [0.1, 0.15) is 0 Å². The Hall–Kier alpha value is -1.10. The fourth-order valence-corrected chi connectivity index (χ4v) is 1.11. The molecule has 68 valence electrons. The summed E-state index contributed by atoms with van der Waals surface area (Å²) in [7, 11) is 1.59. The molecule has 0 atom stereocenters. The molecule has 12 heavy (non-hydrogen) atoms. The largest absolute Gasteiger partial charge is 0.395 e. The van der Waals surface area contributed by atoms with Crippen LogP contribution in [0.15, 0.2) is 0 Å². The van der Waals surface area contributed by atoms with Crippen LogP contribution in [0.4, 0.5) is 0 Å². The topological polar surface area (TPSA) is 60.9 Å². The van der Waals surface area contributed by atoms with Crippen molar-refractivity contribution in [2.24, 2.45) is 0 Å². The van der Waals surface area contributed by atoms with Gasteiger partial charge in [-0.1, -0.05) is 0 Å². The van der Waals surface area contributed by atoms with E-state index in [9.17, 15) is 9.59 Å². The van der Waals surface area contributed by atoms with Gasteiger partial charge in [-0.3, -0.25) is 9.59 Å². The highest BCUT2D eigenvalue weighted by molar-refractivity contribution is 6.35. The van der Waals surface area contributed by atoms with Crippen LogP contribution < -0.4 is 0 Å². The maximum atomic E-state index is 11.1. The Morgan fingerprint density at radius 2 is 2.00 bits per heavy atom. The van der Waals surface area contributed by atoms with Gasteiger partial charge in [0.05, 0.1) is 6.61 Å².